The molecule has 0 aliphatic carbocycles. The second-order valence-corrected chi connectivity index (χ2v) is 4.61. The van der Waals surface area contributed by atoms with E-state index in [1.807, 2.05) is 6.07 Å². The molecule has 0 atom stereocenters. The molecule has 0 spiro atoms. The number of aromatic amines is 1. The summed E-state index contributed by atoms with van der Waals surface area (Å²) < 4.78 is 0. The SMILES string of the molecule is O=C(Nc1ncn[nH]1)c1ccc(N2CCCCC2)nn1. The molecule has 2 aromatic heterocycles. The molecule has 0 bridgehead atoms. The van der Waals surface area contributed by atoms with Gasteiger partial charge in [0, 0.05) is 13.1 Å². The van der Waals surface area contributed by atoms with Crippen molar-refractivity contribution in [2.45, 2.75) is 19.3 Å². The van der Waals surface area contributed by atoms with Crippen LogP contribution in [-0.2, 0) is 0 Å². The standard InChI is InChI=1S/C12H15N7O/c20-11(15-12-13-8-14-18-12)9-4-5-10(17-16-9)19-6-2-1-3-7-19/h4-5,8H,1-3,6-7H2,(H2,13,14,15,18,20). The monoisotopic (exact) mass is 273 g/mol. The van der Waals surface area contributed by atoms with Gasteiger partial charge < -0.3 is 4.90 Å². The summed E-state index contributed by atoms with van der Waals surface area (Å²) in [7, 11) is 0. The van der Waals surface area contributed by atoms with Crippen molar-refractivity contribution < 1.29 is 4.79 Å². The molecular weight excluding hydrogens is 258 g/mol. The van der Waals surface area contributed by atoms with Crippen molar-refractivity contribution in [1.82, 2.24) is 25.4 Å². The van der Waals surface area contributed by atoms with Crippen LogP contribution in [0.3, 0.4) is 0 Å². The predicted molar refractivity (Wildman–Crippen MR) is 72.4 cm³/mol. The molecule has 0 saturated carbocycles. The van der Waals surface area contributed by atoms with Crippen molar-refractivity contribution in [2.24, 2.45) is 0 Å². The van der Waals surface area contributed by atoms with Gasteiger partial charge in [-0.05, 0) is 31.4 Å². The van der Waals surface area contributed by atoms with Crippen LogP contribution in [0.4, 0.5) is 11.8 Å². The highest BCUT2D eigenvalue weighted by molar-refractivity contribution is 6.01. The summed E-state index contributed by atoms with van der Waals surface area (Å²) in [6.07, 6.45) is 4.94. The van der Waals surface area contributed by atoms with Crippen molar-refractivity contribution in [3.05, 3.63) is 24.2 Å². The van der Waals surface area contributed by atoms with Gasteiger partial charge >= 0.3 is 0 Å². The highest BCUT2D eigenvalue weighted by Gasteiger charge is 2.14. The third-order valence-corrected chi connectivity index (χ3v) is 3.21. The fourth-order valence-corrected chi connectivity index (χ4v) is 2.18. The van der Waals surface area contributed by atoms with Crippen LogP contribution in [0.5, 0.6) is 0 Å². The Morgan fingerprint density at radius 1 is 1.20 bits per heavy atom. The summed E-state index contributed by atoms with van der Waals surface area (Å²) in [5.74, 6) is 0.747. The molecule has 104 valence electrons. The molecule has 0 aromatic carbocycles. The van der Waals surface area contributed by atoms with Gasteiger partial charge in [0.2, 0.25) is 5.95 Å². The van der Waals surface area contributed by atoms with Gasteiger partial charge in [0.05, 0.1) is 0 Å². The molecule has 1 fully saturated rings. The van der Waals surface area contributed by atoms with E-state index in [9.17, 15) is 4.79 Å². The summed E-state index contributed by atoms with van der Waals surface area (Å²) in [6, 6.07) is 3.50. The summed E-state index contributed by atoms with van der Waals surface area (Å²) in [4.78, 5) is 17.9. The fraction of sp³-hybridized carbons (Fsp3) is 0.417. The topological polar surface area (TPSA) is 99.7 Å². The zero-order chi connectivity index (χ0) is 13.8. The molecule has 2 N–H and O–H groups in total. The number of piperidine rings is 1. The highest BCUT2D eigenvalue weighted by atomic mass is 16.2. The highest BCUT2D eigenvalue weighted by Crippen LogP contribution is 2.16. The third kappa shape index (κ3) is 2.73. The Hall–Kier alpha value is -2.51. The number of hydrogen-bond donors (Lipinski definition) is 2. The van der Waals surface area contributed by atoms with Crippen molar-refractivity contribution in [2.75, 3.05) is 23.3 Å². The zero-order valence-electron chi connectivity index (χ0n) is 10.9. The first kappa shape index (κ1) is 12.5. The number of anilines is 2. The van der Waals surface area contributed by atoms with Crippen molar-refractivity contribution in [3.63, 3.8) is 0 Å². The van der Waals surface area contributed by atoms with E-state index in [2.05, 4.69) is 35.6 Å². The van der Waals surface area contributed by atoms with Crippen LogP contribution in [0, 0.1) is 0 Å². The molecule has 2 aromatic rings. The number of hydrogen-bond acceptors (Lipinski definition) is 6. The second-order valence-electron chi connectivity index (χ2n) is 4.61. The summed E-state index contributed by atoms with van der Waals surface area (Å²) in [5.41, 5.74) is 0.252. The van der Waals surface area contributed by atoms with E-state index >= 15 is 0 Å². The Morgan fingerprint density at radius 2 is 2.05 bits per heavy atom. The number of nitrogens with zero attached hydrogens (tertiary/aromatic N) is 5. The maximum atomic E-state index is 11.9. The number of carbonyl (C=O) groups is 1. The van der Waals surface area contributed by atoms with Crippen molar-refractivity contribution in [1.29, 1.82) is 0 Å². The lowest BCUT2D eigenvalue weighted by Crippen LogP contribution is -2.30. The van der Waals surface area contributed by atoms with E-state index in [1.54, 1.807) is 6.07 Å². The minimum Gasteiger partial charge on any atom is -0.355 e. The van der Waals surface area contributed by atoms with E-state index in [4.69, 9.17) is 0 Å². The Labute approximate surface area is 115 Å². The Morgan fingerprint density at radius 3 is 2.70 bits per heavy atom. The lowest BCUT2D eigenvalue weighted by Gasteiger charge is -2.27. The maximum Gasteiger partial charge on any atom is 0.278 e. The van der Waals surface area contributed by atoms with Gasteiger partial charge in [-0.3, -0.25) is 10.1 Å². The van der Waals surface area contributed by atoms with Gasteiger partial charge in [-0.15, -0.1) is 10.2 Å². The van der Waals surface area contributed by atoms with E-state index in [0.29, 0.717) is 0 Å². The Bertz CT molecular complexity index is 560. The van der Waals surface area contributed by atoms with Crippen LogP contribution >= 0.6 is 0 Å². The van der Waals surface area contributed by atoms with E-state index in [1.165, 1.54) is 25.6 Å². The van der Waals surface area contributed by atoms with Crippen LogP contribution in [0.2, 0.25) is 0 Å². The summed E-state index contributed by atoms with van der Waals surface area (Å²) >= 11 is 0. The Balaban J connectivity index is 1.67. The smallest absolute Gasteiger partial charge is 0.278 e. The molecule has 3 heterocycles. The van der Waals surface area contributed by atoms with Crippen LogP contribution < -0.4 is 10.2 Å². The minimum atomic E-state index is -0.362. The molecule has 8 nitrogen and oxygen atoms in total. The molecule has 1 aliphatic rings. The molecule has 0 unspecified atom stereocenters. The number of amides is 1. The molecule has 8 heteroatoms. The number of nitrogens with one attached hydrogen (secondary N) is 2. The number of rotatable bonds is 3. The van der Waals surface area contributed by atoms with Gasteiger partial charge in [-0.2, -0.15) is 10.1 Å². The van der Waals surface area contributed by atoms with Gasteiger partial charge in [0.15, 0.2) is 11.5 Å². The van der Waals surface area contributed by atoms with E-state index < -0.39 is 0 Å². The van der Waals surface area contributed by atoms with Crippen molar-refractivity contribution >= 4 is 17.7 Å². The third-order valence-electron chi connectivity index (χ3n) is 3.21. The largest absolute Gasteiger partial charge is 0.355 e. The molecule has 1 saturated heterocycles. The fourth-order valence-electron chi connectivity index (χ4n) is 2.18. The normalized spacial score (nSPS) is 15.1. The first-order chi connectivity index (χ1) is 9.83. The molecule has 0 radical (unpaired) electrons. The second kappa shape index (κ2) is 5.64. The molecule has 3 rings (SSSR count). The number of H-pyrrole nitrogens is 1. The van der Waals surface area contributed by atoms with Gasteiger partial charge in [-0.25, -0.2) is 5.10 Å². The average Bonchev–Trinajstić information content (AvgIpc) is 3.01. The quantitative estimate of drug-likeness (QED) is 0.859. The summed E-state index contributed by atoms with van der Waals surface area (Å²) in [6.45, 7) is 2.00. The van der Waals surface area contributed by atoms with Crippen molar-refractivity contribution in [3.8, 4) is 0 Å². The Kier molecular flexibility index (Phi) is 3.53. The molecule has 1 amide bonds. The first-order valence-corrected chi connectivity index (χ1v) is 6.58. The molecular formula is C12H15N7O. The van der Waals surface area contributed by atoms with E-state index in [-0.39, 0.29) is 17.5 Å². The predicted octanol–water partition coefficient (Wildman–Crippen LogP) is 0.837. The van der Waals surface area contributed by atoms with Crippen LogP contribution in [-0.4, -0.2) is 44.4 Å². The lowest BCUT2D eigenvalue weighted by molar-refractivity contribution is 0.102. The van der Waals surface area contributed by atoms with Gasteiger partial charge in [0.1, 0.15) is 6.33 Å². The minimum absolute atomic E-state index is 0.252. The molecule has 1 aliphatic heterocycles. The van der Waals surface area contributed by atoms with Crippen LogP contribution in [0.1, 0.15) is 29.8 Å². The zero-order valence-corrected chi connectivity index (χ0v) is 10.9. The summed E-state index contributed by atoms with van der Waals surface area (Å²) in [5, 5.41) is 16.8. The van der Waals surface area contributed by atoms with E-state index in [0.717, 1.165) is 18.9 Å². The van der Waals surface area contributed by atoms with Crippen LogP contribution in [0.25, 0.3) is 0 Å². The maximum absolute atomic E-state index is 11.9. The van der Waals surface area contributed by atoms with Gasteiger partial charge in [0.25, 0.3) is 5.91 Å². The molecule has 20 heavy (non-hydrogen) atoms. The van der Waals surface area contributed by atoms with Gasteiger partial charge in [-0.1, -0.05) is 0 Å². The lowest BCUT2D eigenvalue weighted by atomic mass is 10.1. The number of aromatic nitrogens is 5. The average molecular weight is 273 g/mol. The van der Waals surface area contributed by atoms with Crippen LogP contribution in [0.15, 0.2) is 18.5 Å². The first-order valence-electron chi connectivity index (χ1n) is 6.58. The number of carbonyl (C=O) groups excluding carboxylic acids is 1.